The summed E-state index contributed by atoms with van der Waals surface area (Å²) in [6.45, 7) is 11.8. The molecule has 0 aromatic heterocycles. The van der Waals surface area contributed by atoms with Crippen LogP contribution in [0.3, 0.4) is 0 Å². The van der Waals surface area contributed by atoms with Crippen LogP contribution in [-0.4, -0.2) is 37.7 Å². The van der Waals surface area contributed by atoms with Crippen LogP contribution in [-0.2, 0) is 14.3 Å². The van der Waals surface area contributed by atoms with Crippen molar-refractivity contribution in [1.82, 2.24) is 5.32 Å². The lowest BCUT2D eigenvalue weighted by molar-refractivity contribution is -0.138. The van der Waals surface area contributed by atoms with Gasteiger partial charge in [-0.25, -0.2) is 9.59 Å². The maximum absolute atomic E-state index is 10.4. The van der Waals surface area contributed by atoms with E-state index >= 15 is 0 Å². The Balaban J connectivity index is -0.000000193. The predicted octanol–water partition coefficient (Wildman–Crippen LogP) is 1.61. The Morgan fingerprint density at radius 1 is 1.18 bits per heavy atom. The number of carbonyl (C=O) groups is 2. The number of carboxylic acids is 1. The van der Waals surface area contributed by atoms with E-state index in [1.54, 1.807) is 13.8 Å². The molecule has 2 N–H and O–H groups in total. The highest BCUT2D eigenvalue weighted by Crippen LogP contribution is 1.89. The molecular formula is C12H23NO4. The molecule has 0 aromatic rings. The van der Waals surface area contributed by atoms with E-state index in [4.69, 9.17) is 5.11 Å². The van der Waals surface area contributed by atoms with Gasteiger partial charge in [-0.1, -0.05) is 13.2 Å². The van der Waals surface area contributed by atoms with E-state index in [2.05, 4.69) is 23.2 Å². The molecule has 0 amide bonds. The monoisotopic (exact) mass is 245 g/mol. The standard InChI is InChI=1S/C6H10O2.C4H6O2.C2H7N/c1-4-8-6(7)5(2)3;1-3(2)4(5)6;1-3-2/h2,4H2,1,3H3;1H2,2H3,(H,5,6);3H,1-2H3. The molecule has 0 bridgehead atoms. The summed E-state index contributed by atoms with van der Waals surface area (Å²) < 4.78 is 4.56. The van der Waals surface area contributed by atoms with Crippen molar-refractivity contribution in [3.63, 3.8) is 0 Å². The van der Waals surface area contributed by atoms with Crippen molar-refractivity contribution in [2.75, 3.05) is 20.7 Å². The third-order valence-corrected chi connectivity index (χ3v) is 0.989. The molecule has 0 radical (unpaired) electrons. The topological polar surface area (TPSA) is 75.6 Å². The van der Waals surface area contributed by atoms with E-state index in [0.717, 1.165) is 0 Å². The highest BCUT2D eigenvalue weighted by Gasteiger charge is 1.98. The Bertz CT molecular complexity index is 247. The number of hydrogen-bond donors (Lipinski definition) is 2. The number of ether oxygens (including phenoxy) is 1. The van der Waals surface area contributed by atoms with Gasteiger partial charge in [0, 0.05) is 11.1 Å². The van der Waals surface area contributed by atoms with Crippen molar-refractivity contribution in [1.29, 1.82) is 0 Å². The molecular weight excluding hydrogens is 222 g/mol. The average Bonchev–Trinajstić information content (AvgIpc) is 2.19. The van der Waals surface area contributed by atoms with Gasteiger partial charge in [0.15, 0.2) is 0 Å². The van der Waals surface area contributed by atoms with Crippen LogP contribution in [0.5, 0.6) is 0 Å². The van der Waals surface area contributed by atoms with Gasteiger partial charge in [0.05, 0.1) is 6.61 Å². The van der Waals surface area contributed by atoms with Crippen molar-refractivity contribution < 1.29 is 19.4 Å². The lowest BCUT2D eigenvalue weighted by atomic mass is 10.4. The quantitative estimate of drug-likeness (QED) is 0.583. The zero-order chi connectivity index (χ0) is 14.4. The molecule has 0 saturated heterocycles. The number of aliphatic carboxylic acids is 1. The van der Waals surface area contributed by atoms with Crippen LogP contribution in [0, 0.1) is 0 Å². The summed E-state index contributed by atoms with van der Waals surface area (Å²) in [6.07, 6.45) is 0. The number of nitrogens with one attached hydrogen (secondary N) is 1. The van der Waals surface area contributed by atoms with Gasteiger partial charge in [0.2, 0.25) is 0 Å². The summed E-state index contributed by atoms with van der Waals surface area (Å²) in [5, 5.41) is 10.6. The highest BCUT2D eigenvalue weighted by molar-refractivity contribution is 5.86. The molecule has 0 atom stereocenters. The number of carbonyl (C=O) groups excluding carboxylic acids is 1. The maximum Gasteiger partial charge on any atom is 0.333 e. The Morgan fingerprint density at radius 2 is 1.47 bits per heavy atom. The summed E-state index contributed by atoms with van der Waals surface area (Å²) in [7, 11) is 3.75. The lowest BCUT2D eigenvalue weighted by Gasteiger charge is -1.96. The minimum atomic E-state index is -0.935. The van der Waals surface area contributed by atoms with Gasteiger partial charge in [-0.15, -0.1) is 0 Å². The van der Waals surface area contributed by atoms with Crippen LogP contribution in [0.1, 0.15) is 20.8 Å². The maximum atomic E-state index is 10.4. The lowest BCUT2D eigenvalue weighted by Crippen LogP contribution is -2.03. The number of carboxylic acid groups (broad SMARTS) is 1. The van der Waals surface area contributed by atoms with E-state index in [1.165, 1.54) is 6.92 Å². The average molecular weight is 245 g/mol. The van der Waals surface area contributed by atoms with Crippen LogP contribution in [0.2, 0.25) is 0 Å². The first-order valence-electron chi connectivity index (χ1n) is 5.04. The molecule has 17 heavy (non-hydrogen) atoms. The largest absolute Gasteiger partial charge is 0.478 e. The van der Waals surface area contributed by atoms with Crippen molar-refractivity contribution in [3.05, 3.63) is 24.3 Å². The van der Waals surface area contributed by atoms with Crippen molar-refractivity contribution in [2.45, 2.75) is 20.8 Å². The molecule has 0 saturated carbocycles. The number of rotatable bonds is 3. The molecule has 0 aliphatic heterocycles. The third-order valence-electron chi connectivity index (χ3n) is 0.989. The smallest absolute Gasteiger partial charge is 0.333 e. The highest BCUT2D eigenvalue weighted by atomic mass is 16.5. The second-order valence-electron chi connectivity index (χ2n) is 3.09. The van der Waals surface area contributed by atoms with E-state index in [-0.39, 0.29) is 11.5 Å². The molecule has 5 heteroatoms. The minimum Gasteiger partial charge on any atom is -0.478 e. The normalized spacial score (nSPS) is 7.59. The van der Waals surface area contributed by atoms with Gasteiger partial charge in [0.1, 0.15) is 0 Å². The van der Waals surface area contributed by atoms with E-state index < -0.39 is 5.97 Å². The summed E-state index contributed by atoms with van der Waals surface area (Å²) >= 11 is 0. The molecule has 0 aromatic carbocycles. The molecule has 0 heterocycles. The van der Waals surface area contributed by atoms with Gasteiger partial charge in [-0.3, -0.25) is 0 Å². The van der Waals surface area contributed by atoms with Crippen molar-refractivity contribution in [3.8, 4) is 0 Å². The third kappa shape index (κ3) is 25.0. The van der Waals surface area contributed by atoms with Crippen LogP contribution in [0.15, 0.2) is 24.3 Å². The van der Waals surface area contributed by atoms with Crippen molar-refractivity contribution in [2.24, 2.45) is 0 Å². The van der Waals surface area contributed by atoms with Gasteiger partial charge >= 0.3 is 11.9 Å². The minimum absolute atomic E-state index is 0.176. The molecule has 5 nitrogen and oxygen atoms in total. The second-order valence-corrected chi connectivity index (χ2v) is 3.09. The van der Waals surface area contributed by atoms with Gasteiger partial charge in [0.25, 0.3) is 0 Å². The molecule has 0 aliphatic rings. The zero-order valence-corrected chi connectivity index (χ0v) is 11.3. The van der Waals surface area contributed by atoms with E-state index in [9.17, 15) is 9.59 Å². The Hall–Kier alpha value is -1.62. The summed E-state index contributed by atoms with van der Waals surface area (Å²) in [6, 6.07) is 0. The molecule has 0 spiro atoms. The van der Waals surface area contributed by atoms with E-state index in [0.29, 0.717) is 12.2 Å². The predicted molar refractivity (Wildman–Crippen MR) is 68.9 cm³/mol. The molecule has 0 aliphatic carbocycles. The van der Waals surface area contributed by atoms with Crippen molar-refractivity contribution >= 4 is 11.9 Å². The number of esters is 1. The molecule has 0 fully saturated rings. The summed E-state index contributed by atoms with van der Waals surface area (Å²) in [4.78, 5) is 20.0. The van der Waals surface area contributed by atoms with Crippen LogP contribution in [0.4, 0.5) is 0 Å². The number of hydrogen-bond acceptors (Lipinski definition) is 4. The first kappa shape index (κ1) is 20.8. The Morgan fingerprint density at radius 3 is 1.53 bits per heavy atom. The molecule has 0 unspecified atom stereocenters. The van der Waals surface area contributed by atoms with Crippen LogP contribution in [0.25, 0.3) is 0 Å². The SMILES string of the molecule is C=C(C)C(=O)O.C=C(C)C(=O)OCC.CNC. The van der Waals surface area contributed by atoms with Gasteiger partial charge < -0.3 is 15.2 Å². The van der Waals surface area contributed by atoms with Crippen LogP contribution < -0.4 is 5.32 Å². The molecule has 100 valence electrons. The first-order valence-corrected chi connectivity index (χ1v) is 5.04. The van der Waals surface area contributed by atoms with E-state index in [1.807, 2.05) is 14.1 Å². The fourth-order valence-electron chi connectivity index (χ4n) is 0.254. The molecule has 0 rings (SSSR count). The summed E-state index contributed by atoms with van der Waals surface area (Å²) in [5.41, 5.74) is 0.627. The first-order chi connectivity index (χ1) is 7.74. The van der Waals surface area contributed by atoms with Crippen LogP contribution >= 0.6 is 0 Å². The Kier molecular flexibility index (Phi) is 17.6. The summed E-state index contributed by atoms with van der Waals surface area (Å²) in [5.74, 6) is -1.25. The zero-order valence-electron chi connectivity index (χ0n) is 11.3. The fraction of sp³-hybridized carbons (Fsp3) is 0.500. The van der Waals surface area contributed by atoms with Gasteiger partial charge in [-0.05, 0) is 34.9 Å². The second kappa shape index (κ2) is 14.4. The fourth-order valence-corrected chi connectivity index (χ4v) is 0.254. The van der Waals surface area contributed by atoms with Gasteiger partial charge in [-0.2, -0.15) is 0 Å². The Labute approximate surface area is 103 Å².